The smallest absolute Gasteiger partial charge is 0.118 e. The molecule has 23 heavy (non-hydrogen) atoms. The van der Waals surface area contributed by atoms with Crippen LogP contribution >= 0.6 is 0 Å². The van der Waals surface area contributed by atoms with Crippen LogP contribution in [0.2, 0.25) is 0 Å². The molecule has 0 amide bonds. The number of methoxy groups -OCH3 is 1. The van der Waals surface area contributed by atoms with Crippen LogP contribution in [0, 0.1) is 11.3 Å². The van der Waals surface area contributed by atoms with Crippen LogP contribution in [0.1, 0.15) is 64.9 Å². The molecule has 1 aliphatic rings. The van der Waals surface area contributed by atoms with Crippen molar-refractivity contribution in [1.29, 1.82) is 0 Å². The van der Waals surface area contributed by atoms with E-state index in [-0.39, 0.29) is 5.41 Å². The Morgan fingerprint density at radius 3 is 2.30 bits per heavy atom. The van der Waals surface area contributed by atoms with Crippen LogP contribution in [0.5, 0.6) is 5.75 Å². The summed E-state index contributed by atoms with van der Waals surface area (Å²) in [4.78, 5) is 0. The Bertz CT molecular complexity index is 522. The van der Waals surface area contributed by atoms with Gasteiger partial charge in [0, 0.05) is 0 Å². The van der Waals surface area contributed by atoms with Gasteiger partial charge in [-0.1, -0.05) is 70.4 Å². The van der Waals surface area contributed by atoms with Crippen molar-refractivity contribution in [3.05, 3.63) is 48.1 Å². The van der Waals surface area contributed by atoms with Crippen molar-refractivity contribution in [1.82, 2.24) is 0 Å². The topological polar surface area (TPSA) is 9.23 Å². The summed E-state index contributed by atoms with van der Waals surface area (Å²) in [7, 11) is 1.72. The summed E-state index contributed by atoms with van der Waals surface area (Å²) in [6.45, 7) is 6.75. The normalized spacial score (nSPS) is 17.7. The maximum absolute atomic E-state index is 5.29. The minimum absolute atomic E-state index is 0.246. The van der Waals surface area contributed by atoms with Crippen molar-refractivity contribution in [3.63, 3.8) is 0 Å². The van der Waals surface area contributed by atoms with E-state index in [0.717, 1.165) is 18.1 Å². The van der Waals surface area contributed by atoms with Crippen molar-refractivity contribution < 1.29 is 4.74 Å². The van der Waals surface area contributed by atoms with Gasteiger partial charge in [-0.3, -0.25) is 0 Å². The highest BCUT2D eigenvalue weighted by molar-refractivity contribution is 5.67. The van der Waals surface area contributed by atoms with Crippen LogP contribution in [0.3, 0.4) is 0 Å². The standard InChI is InChI=1S/C22H32O/c1-22(2,3)16-8-11-20(17-18-9-6-5-7-10-18)19-12-14-21(23-4)15-13-19/h8,12-18H,5-7,9-11H2,1-4H3/b16-8+,20-17+. The first-order chi connectivity index (χ1) is 11.0. The molecule has 0 heterocycles. The van der Waals surface area contributed by atoms with Crippen molar-refractivity contribution in [2.75, 3.05) is 7.11 Å². The summed E-state index contributed by atoms with van der Waals surface area (Å²) in [5, 5.41) is 0. The van der Waals surface area contributed by atoms with Gasteiger partial charge in [-0.15, -0.1) is 0 Å². The Labute approximate surface area is 142 Å². The fourth-order valence-corrected chi connectivity index (χ4v) is 3.21. The van der Waals surface area contributed by atoms with Crippen LogP contribution in [0.4, 0.5) is 0 Å². The third-order valence-corrected chi connectivity index (χ3v) is 4.50. The Morgan fingerprint density at radius 1 is 1.09 bits per heavy atom. The third-order valence-electron chi connectivity index (χ3n) is 4.50. The van der Waals surface area contributed by atoms with Gasteiger partial charge < -0.3 is 4.74 Å². The highest BCUT2D eigenvalue weighted by Crippen LogP contribution is 2.30. The number of rotatable bonds is 5. The lowest BCUT2D eigenvalue weighted by Crippen LogP contribution is -2.04. The van der Waals surface area contributed by atoms with E-state index in [0.29, 0.717) is 0 Å². The van der Waals surface area contributed by atoms with Gasteiger partial charge >= 0.3 is 0 Å². The molecule has 126 valence electrons. The summed E-state index contributed by atoms with van der Waals surface area (Å²) in [5.74, 6) is 1.68. The number of hydrogen-bond acceptors (Lipinski definition) is 1. The second-order valence-electron chi connectivity index (χ2n) is 7.79. The first-order valence-corrected chi connectivity index (χ1v) is 9.01. The summed E-state index contributed by atoms with van der Waals surface area (Å²) in [6, 6.07) is 8.52. The van der Waals surface area contributed by atoms with Crippen molar-refractivity contribution in [2.24, 2.45) is 11.3 Å². The Morgan fingerprint density at radius 2 is 1.74 bits per heavy atom. The lowest BCUT2D eigenvalue weighted by molar-refractivity contribution is 0.414. The monoisotopic (exact) mass is 312 g/mol. The van der Waals surface area contributed by atoms with E-state index in [4.69, 9.17) is 4.74 Å². The molecule has 1 fully saturated rings. The van der Waals surface area contributed by atoms with E-state index < -0.39 is 0 Å². The van der Waals surface area contributed by atoms with Crippen LogP contribution in [0.15, 0.2) is 42.5 Å². The zero-order valence-corrected chi connectivity index (χ0v) is 15.3. The van der Waals surface area contributed by atoms with E-state index in [1.165, 1.54) is 43.2 Å². The van der Waals surface area contributed by atoms with Crippen molar-refractivity contribution in [3.8, 4) is 5.75 Å². The molecule has 0 aliphatic heterocycles. The van der Waals surface area contributed by atoms with Crippen molar-refractivity contribution in [2.45, 2.75) is 59.3 Å². The average molecular weight is 312 g/mol. The van der Waals surface area contributed by atoms with Crippen LogP contribution in [0.25, 0.3) is 5.57 Å². The van der Waals surface area contributed by atoms with E-state index in [1.54, 1.807) is 7.11 Å². The Kier molecular flexibility index (Phi) is 6.50. The predicted octanol–water partition coefficient (Wildman–Crippen LogP) is 6.65. The van der Waals surface area contributed by atoms with E-state index >= 15 is 0 Å². The van der Waals surface area contributed by atoms with Gasteiger partial charge in [-0.2, -0.15) is 0 Å². The largest absolute Gasteiger partial charge is 0.497 e. The molecule has 0 radical (unpaired) electrons. The molecule has 0 bridgehead atoms. The fourth-order valence-electron chi connectivity index (χ4n) is 3.21. The zero-order chi connectivity index (χ0) is 16.7. The highest BCUT2D eigenvalue weighted by Gasteiger charge is 2.13. The summed E-state index contributed by atoms with van der Waals surface area (Å²) >= 11 is 0. The molecular weight excluding hydrogens is 280 g/mol. The second kappa shape index (κ2) is 8.38. The first-order valence-electron chi connectivity index (χ1n) is 9.01. The lowest BCUT2D eigenvalue weighted by Gasteiger charge is -2.20. The molecule has 0 atom stereocenters. The molecular formula is C22H32O. The highest BCUT2D eigenvalue weighted by atomic mass is 16.5. The first kappa shape index (κ1) is 17.8. The molecule has 0 saturated heterocycles. The quantitative estimate of drug-likeness (QED) is 0.553. The molecule has 0 N–H and O–H groups in total. The maximum Gasteiger partial charge on any atom is 0.118 e. The van der Waals surface area contributed by atoms with E-state index in [2.05, 4.69) is 63.3 Å². The number of allylic oxidation sites excluding steroid dienone is 4. The summed E-state index contributed by atoms with van der Waals surface area (Å²) in [5.41, 5.74) is 3.03. The SMILES string of the molecule is COc1ccc(/C(=C/C2CCCCC2)C/C=C/C(C)(C)C)cc1. The van der Waals surface area contributed by atoms with Gasteiger partial charge in [-0.25, -0.2) is 0 Å². The van der Waals surface area contributed by atoms with Gasteiger partial charge in [0.1, 0.15) is 5.75 Å². The second-order valence-corrected chi connectivity index (χ2v) is 7.79. The van der Waals surface area contributed by atoms with Crippen LogP contribution in [-0.2, 0) is 0 Å². The van der Waals surface area contributed by atoms with Crippen molar-refractivity contribution >= 4 is 5.57 Å². The van der Waals surface area contributed by atoms with Gasteiger partial charge in [0.15, 0.2) is 0 Å². The molecule has 1 nitrogen and oxygen atoms in total. The lowest BCUT2D eigenvalue weighted by atomic mass is 9.86. The molecule has 1 saturated carbocycles. The van der Waals surface area contributed by atoms with Crippen LogP contribution in [-0.4, -0.2) is 7.11 Å². The Balaban J connectivity index is 2.18. The molecule has 0 unspecified atom stereocenters. The van der Waals surface area contributed by atoms with E-state index in [1.807, 2.05) is 0 Å². The van der Waals surface area contributed by atoms with Gasteiger partial charge in [0.25, 0.3) is 0 Å². The molecule has 1 aliphatic carbocycles. The third kappa shape index (κ3) is 6.25. The number of benzene rings is 1. The summed E-state index contributed by atoms with van der Waals surface area (Å²) in [6.07, 6.45) is 15.1. The molecule has 1 heteroatoms. The van der Waals surface area contributed by atoms with Gasteiger partial charge in [0.2, 0.25) is 0 Å². The minimum Gasteiger partial charge on any atom is -0.497 e. The van der Waals surface area contributed by atoms with Crippen LogP contribution < -0.4 is 4.74 Å². The molecule has 0 spiro atoms. The number of ether oxygens (including phenoxy) is 1. The Hall–Kier alpha value is -1.50. The molecule has 2 rings (SSSR count). The zero-order valence-electron chi connectivity index (χ0n) is 15.3. The minimum atomic E-state index is 0.246. The number of hydrogen-bond donors (Lipinski definition) is 0. The van der Waals surface area contributed by atoms with E-state index in [9.17, 15) is 0 Å². The average Bonchev–Trinajstić information content (AvgIpc) is 2.54. The maximum atomic E-state index is 5.29. The molecule has 1 aromatic rings. The van der Waals surface area contributed by atoms with Gasteiger partial charge in [-0.05, 0) is 53.9 Å². The molecule has 0 aromatic heterocycles. The van der Waals surface area contributed by atoms with Gasteiger partial charge in [0.05, 0.1) is 7.11 Å². The fraction of sp³-hybridized carbons (Fsp3) is 0.545. The summed E-state index contributed by atoms with van der Waals surface area (Å²) < 4.78 is 5.29. The molecule has 1 aromatic carbocycles. The predicted molar refractivity (Wildman–Crippen MR) is 101 cm³/mol.